The van der Waals surface area contributed by atoms with Crippen LogP contribution in [0.1, 0.15) is 26.7 Å². The fourth-order valence-electron chi connectivity index (χ4n) is 2.12. The van der Waals surface area contributed by atoms with E-state index in [1.165, 1.54) is 8.61 Å². The van der Waals surface area contributed by atoms with E-state index < -0.39 is 10.2 Å². The highest BCUT2D eigenvalue weighted by molar-refractivity contribution is 7.86. The molecule has 0 bridgehead atoms. The summed E-state index contributed by atoms with van der Waals surface area (Å²) in [6.45, 7) is 5.47. The summed E-state index contributed by atoms with van der Waals surface area (Å²) < 4.78 is 27.4. The van der Waals surface area contributed by atoms with Crippen LogP contribution in [-0.4, -0.2) is 49.0 Å². The predicted molar refractivity (Wildman–Crippen MR) is 68.1 cm³/mol. The first-order valence-electron chi connectivity index (χ1n) is 6.02. The molecule has 0 spiro atoms. The Labute approximate surface area is 103 Å². The molecule has 0 aromatic carbocycles. The molecule has 1 rings (SSSR count). The Kier molecular flexibility index (Phi) is 4.91. The highest BCUT2D eigenvalue weighted by atomic mass is 32.2. The van der Waals surface area contributed by atoms with Gasteiger partial charge < -0.3 is 5.73 Å². The zero-order valence-corrected chi connectivity index (χ0v) is 11.3. The van der Waals surface area contributed by atoms with Gasteiger partial charge in [0, 0.05) is 32.1 Å². The topological polar surface area (TPSA) is 90.5 Å². The van der Waals surface area contributed by atoms with Crippen molar-refractivity contribution in [1.82, 2.24) is 8.61 Å². The Balaban J connectivity index is 2.81. The van der Waals surface area contributed by atoms with Gasteiger partial charge in [0.2, 0.25) is 0 Å². The molecule has 7 heteroatoms. The maximum atomic E-state index is 12.3. The molecule has 6 nitrogen and oxygen atoms in total. The summed E-state index contributed by atoms with van der Waals surface area (Å²) in [5, 5.41) is 7.42. The minimum absolute atomic E-state index is 0.0875. The van der Waals surface area contributed by atoms with Crippen molar-refractivity contribution in [2.75, 3.05) is 26.2 Å². The minimum atomic E-state index is -3.38. The van der Waals surface area contributed by atoms with E-state index in [4.69, 9.17) is 11.1 Å². The minimum Gasteiger partial charge on any atom is -0.387 e. The third-order valence-electron chi connectivity index (χ3n) is 3.18. The van der Waals surface area contributed by atoms with Gasteiger partial charge in [-0.15, -0.1) is 0 Å². The second-order valence-corrected chi connectivity index (χ2v) is 6.17. The smallest absolute Gasteiger partial charge is 0.281 e. The van der Waals surface area contributed by atoms with Gasteiger partial charge in [-0.1, -0.05) is 13.8 Å². The number of hydrogen-bond acceptors (Lipinski definition) is 3. The standard InChI is InChI=1S/C10H22N4O2S/c1-3-13(4-2)17(15,16)14-7-5-6-9(8-14)10(11)12/h9H,3-8H2,1-2H3,(H3,11,12). The van der Waals surface area contributed by atoms with Gasteiger partial charge in [0.05, 0.1) is 5.84 Å². The maximum Gasteiger partial charge on any atom is 0.281 e. The van der Waals surface area contributed by atoms with Crippen molar-refractivity contribution in [3.05, 3.63) is 0 Å². The van der Waals surface area contributed by atoms with Crippen LogP contribution in [0.2, 0.25) is 0 Å². The van der Waals surface area contributed by atoms with E-state index in [1.54, 1.807) is 0 Å². The third kappa shape index (κ3) is 3.17. The Hall–Kier alpha value is -0.660. The van der Waals surface area contributed by atoms with Crippen LogP contribution in [-0.2, 0) is 10.2 Å². The highest BCUT2D eigenvalue weighted by Crippen LogP contribution is 2.20. The fourth-order valence-corrected chi connectivity index (χ4v) is 3.83. The molecule has 0 aliphatic carbocycles. The average molecular weight is 262 g/mol. The summed E-state index contributed by atoms with van der Waals surface area (Å²) >= 11 is 0. The van der Waals surface area contributed by atoms with Crippen molar-refractivity contribution in [2.45, 2.75) is 26.7 Å². The van der Waals surface area contributed by atoms with Gasteiger partial charge in [-0.2, -0.15) is 17.0 Å². The van der Waals surface area contributed by atoms with Gasteiger partial charge in [0.25, 0.3) is 10.2 Å². The SMILES string of the molecule is CCN(CC)S(=O)(=O)N1CCCC(C(=N)N)C1. The van der Waals surface area contributed by atoms with Gasteiger partial charge in [-0.05, 0) is 12.8 Å². The number of hydrogen-bond donors (Lipinski definition) is 2. The first-order valence-corrected chi connectivity index (χ1v) is 7.42. The molecule has 0 aromatic rings. The first-order chi connectivity index (χ1) is 7.93. The summed E-state index contributed by atoms with van der Waals surface area (Å²) in [6, 6.07) is 0. The molecule has 17 heavy (non-hydrogen) atoms. The van der Waals surface area contributed by atoms with Gasteiger partial charge in [-0.25, -0.2) is 0 Å². The Morgan fingerprint density at radius 2 is 2.06 bits per heavy atom. The lowest BCUT2D eigenvalue weighted by atomic mass is 9.99. The van der Waals surface area contributed by atoms with Gasteiger partial charge in [0.15, 0.2) is 0 Å². The molecule has 100 valence electrons. The molecule has 0 aromatic heterocycles. The van der Waals surface area contributed by atoms with Crippen molar-refractivity contribution in [3.8, 4) is 0 Å². The molecule has 1 atom stereocenters. The van der Waals surface area contributed by atoms with E-state index >= 15 is 0 Å². The summed E-state index contributed by atoms with van der Waals surface area (Å²) in [6.07, 6.45) is 1.57. The van der Waals surface area contributed by atoms with E-state index in [9.17, 15) is 8.42 Å². The van der Waals surface area contributed by atoms with Crippen LogP contribution >= 0.6 is 0 Å². The lowest BCUT2D eigenvalue weighted by molar-refractivity contribution is 0.283. The number of amidine groups is 1. The largest absolute Gasteiger partial charge is 0.387 e. The predicted octanol–water partition coefficient (Wildman–Crippen LogP) is 0.221. The van der Waals surface area contributed by atoms with Crippen LogP contribution in [0.15, 0.2) is 0 Å². The molecule has 1 unspecified atom stereocenters. The summed E-state index contributed by atoms with van der Waals surface area (Å²) in [7, 11) is -3.38. The van der Waals surface area contributed by atoms with E-state index in [0.29, 0.717) is 26.2 Å². The molecule has 0 radical (unpaired) electrons. The lowest BCUT2D eigenvalue weighted by Crippen LogP contribution is -2.49. The quantitative estimate of drug-likeness (QED) is 0.548. The molecule has 1 aliphatic rings. The van der Waals surface area contributed by atoms with E-state index in [1.807, 2.05) is 13.8 Å². The number of piperidine rings is 1. The Morgan fingerprint density at radius 3 is 2.53 bits per heavy atom. The molecular formula is C10H22N4O2S. The molecule has 0 amide bonds. The van der Waals surface area contributed by atoms with Gasteiger partial charge >= 0.3 is 0 Å². The van der Waals surface area contributed by atoms with Crippen LogP contribution < -0.4 is 5.73 Å². The van der Waals surface area contributed by atoms with Crippen molar-refractivity contribution in [2.24, 2.45) is 11.7 Å². The number of rotatable bonds is 5. The molecule has 1 heterocycles. The Morgan fingerprint density at radius 1 is 1.47 bits per heavy atom. The molecule has 1 fully saturated rings. The zero-order valence-electron chi connectivity index (χ0n) is 10.5. The van der Waals surface area contributed by atoms with Gasteiger partial charge in [-0.3, -0.25) is 5.41 Å². The number of nitrogens with zero attached hydrogens (tertiary/aromatic N) is 2. The summed E-state index contributed by atoms with van der Waals surface area (Å²) in [4.78, 5) is 0. The molecule has 1 aliphatic heterocycles. The first kappa shape index (κ1) is 14.4. The normalized spacial score (nSPS) is 22.9. The van der Waals surface area contributed by atoms with Crippen LogP contribution in [0, 0.1) is 11.3 Å². The third-order valence-corrected chi connectivity index (χ3v) is 5.34. The Bertz CT molecular complexity index is 365. The second kappa shape index (κ2) is 5.79. The van der Waals surface area contributed by atoms with Crippen molar-refractivity contribution >= 4 is 16.0 Å². The van der Waals surface area contributed by atoms with Crippen LogP contribution in [0.3, 0.4) is 0 Å². The number of nitrogens with one attached hydrogen (secondary N) is 1. The van der Waals surface area contributed by atoms with E-state index in [2.05, 4.69) is 0 Å². The maximum absolute atomic E-state index is 12.3. The summed E-state index contributed by atoms with van der Waals surface area (Å²) in [5.41, 5.74) is 5.46. The highest BCUT2D eigenvalue weighted by Gasteiger charge is 2.33. The molecule has 0 saturated carbocycles. The fraction of sp³-hybridized carbons (Fsp3) is 0.900. The average Bonchev–Trinajstić information content (AvgIpc) is 2.30. The monoisotopic (exact) mass is 262 g/mol. The van der Waals surface area contributed by atoms with Crippen molar-refractivity contribution in [3.63, 3.8) is 0 Å². The summed E-state index contributed by atoms with van der Waals surface area (Å²) in [5.74, 6) is -0.0430. The molecule has 3 N–H and O–H groups in total. The number of nitrogens with two attached hydrogens (primary N) is 1. The molecular weight excluding hydrogens is 240 g/mol. The van der Waals surface area contributed by atoms with Crippen molar-refractivity contribution < 1.29 is 8.42 Å². The van der Waals surface area contributed by atoms with E-state index in [-0.39, 0.29) is 11.8 Å². The second-order valence-electron chi connectivity index (χ2n) is 4.24. The lowest BCUT2D eigenvalue weighted by Gasteiger charge is -2.34. The van der Waals surface area contributed by atoms with Crippen LogP contribution in [0.4, 0.5) is 0 Å². The van der Waals surface area contributed by atoms with E-state index in [0.717, 1.165) is 12.8 Å². The van der Waals surface area contributed by atoms with Crippen LogP contribution in [0.5, 0.6) is 0 Å². The zero-order chi connectivity index (χ0) is 13.1. The van der Waals surface area contributed by atoms with Gasteiger partial charge in [0.1, 0.15) is 0 Å². The molecule has 1 saturated heterocycles. The van der Waals surface area contributed by atoms with Crippen LogP contribution in [0.25, 0.3) is 0 Å². The van der Waals surface area contributed by atoms with Crippen molar-refractivity contribution in [1.29, 1.82) is 5.41 Å².